The summed E-state index contributed by atoms with van der Waals surface area (Å²) in [6, 6.07) is 14.3. The molecule has 1 heterocycles. The highest BCUT2D eigenvalue weighted by molar-refractivity contribution is 5.92. The molecule has 0 radical (unpaired) electrons. The number of hydrogen-bond acceptors (Lipinski definition) is 4. The number of hydrogen-bond donors (Lipinski definition) is 0. The predicted molar refractivity (Wildman–Crippen MR) is 116 cm³/mol. The Morgan fingerprint density at radius 3 is 2.55 bits per heavy atom. The smallest absolute Gasteiger partial charge is 0.246 e. The zero-order chi connectivity index (χ0) is 20.6. The van der Waals surface area contributed by atoms with Crippen molar-refractivity contribution in [1.82, 2.24) is 9.80 Å². The number of amides is 1. The molecule has 0 N–H and O–H groups in total. The lowest BCUT2D eigenvalue weighted by molar-refractivity contribution is -0.127. The highest BCUT2D eigenvalue weighted by Crippen LogP contribution is 2.28. The fourth-order valence-corrected chi connectivity index (χ4v) is 3.53. The van der Waals surface area contributed by atoms with Crippen LogP contribution in [0.4, 0.5) is 0 Å². The Morgan fingerprint density at radius 2 is 1.86 bits per heavy atom. The summed E-state index contributed by atoms with van der Waals surface area (Å²) in [5.74, 6) is 1.43. The predicted octanol–water partition coefficient (Wildman–Crippen LogP) is 3.76. The summed E-state index contributed by atoms with van der Waals surface area (Å²) in [6.07, 6.45) is 3.48. The second-order valence-electron chi connectivity index (χ2n) is 7.27. The quantitative estimate of drug-likeness (QED) is 0.671. The number of methoxy groups -OCH3 is 1. The first kappa shape index (κ1) is 20.9. The van der Waals surface area contributed by atoms with Gasteiger partial charge in [0.15, 0.2) is 11.5 Å². The van der Waals surface area contributed by atoms with Gasteiger partial charge in [-0.1, -0.05) is 35.9 Å². The van der Waals surface area contributed by atoms with E-state index in [9.17, 15) is 4.79 Å². The van der Waals surface area contributed by atoms with Crippen LogP contribution in [0, 0.1) is 6.92 Å². The molecule has 1 aliphatic heterocycles. The van der Waals surface area contributed by atoms with E-state index in [1.807, 2.05) is 36.1 Å². The molecule has 29 heavy (non-hydrogen) atoms. The van der Waals surface area contributed by atoms with E-state index in [0.29, 0.717) is 18.1 Å². The fourth-order valence-electron chi connectivity index (χ4n) is 3.53. The maximum atomic E-state index is 12.6. The van der Waals surface area contributed by atoms with Crippen LogP contribution in [0.1, 0.15) is 23.6 Å². The Bertz CT molecular complexity index is 855. The van der Waals surface area contributed by atoms with Crippen LogP contribution in [-0.4, -0.2) is 55.6 Å². The third-order valence-corrected chi connectivity index (χ3v) is 5.08. The molecule has 5 nitrogen and oxygen atoms in total. The molecule has 3 rings (SSSR count). The minimum atomic E-state index is 0.0500. The van der Waals surface area contributed by atoms with E-state index < -0.39 is 0 Å². The number of benzene rings is 2. The summed E-state index contributed by atoms with van der Waals surface area (Å²) in [7, 11) is 1.62. The van der Waals surface area contributed by atoms with Gasteiger partial charge in [0.05, 0.1) is 13.7 Å². The van der Waals surface area contributed by atoms with Crippen molar-refractivity contribution < 1.29 is 14.3 Å². The van der Waals surface area contributed by atoms with E-state index in [1.165, 1.54) is 11.1 Å². The van der Waals surface area contributed by atoms with Crippen LogP contribution in [0.3, 0.4) is 0 Å². The van der Waals surface area contributed by atoms with E-state index in [0.717, 1.165) is 38.3 Å². The van der Waals surface area contributed by atoms with E-state index in [2.05, 4.69) is 36.1 Å². The summed E-state index contributed by atoms with van der Waals surface area (Å²) in [5, 5.41) is 0. The third kappa shape index (κ3) is 5.84. The molecule has 0 spiro atoms. The molecule has 1 aliphatic rings. The third-order valence-electron chi connectivity index (χ3n) is 5.08. The van der Waals surface area contributed by atoms with E-state index >= 15 is 0 Å². The average Bonchev–Trinajstić information content (AvgIpc) is 2.73. The molecule has 0 aromatic heterocycles. The summed E-state index contributed by atoms with van der Waals surface area (Å²) < 4.78 is 10.9. The lowest BCUT2D eigenvalue weighted by atomic mass is 10.1. The van der Waals surface area contributed by atoms with Crippen molar-refractivity contribution in [3.8, 4) is 11.5 Å². The fraction of sp³-hybridized carbons (Fsp3) is 0.375. The SMILES string of the molecule is CCOc1cc(/C=C/C(=O)N2CCN(Cc3cccc(C)c3)CC2)ccc1OC. The topological polar surface area (TPSA) is 42.0 Å². The molecule has 2 aromatic carbocycles. The van der Waals surface area contributed by atoms with Crippen LogP contribution in [-0.2, 0) is 11.3 Å². The zero-order valence-electron chi connectivity index (χ0n) is 17.6. The monoisotopic (exact) mass is 394 g/mol. The van der Waals surface area contributed by atoms with Crippen molar-refractivity contribution in [3.63, 3.8) is 0 Å². The summed E-state index contributed by atoms with van der Waals surface area (Å²) in [5.41, 5.74) is 3.53. The Kier molecular flexibility index (Phi) is 7.30. The normalized spacial score (nSPS) is 14.9. The number of ether oxygens (including phenoxy) is 2. The van der Waals surface area contributed by atoms with Gasteiger partial charge in [-0.05, 0) is 43.2 Å². The number of rotatable bonds is 7. The largest absolute Gasteiger partial charge is 0.493 e. The number of carbonyl (C=O) groups is 1. The molecular weight excluding hydrogens is 364 g/mol. The second-order valence-corrected chi connectivity index (χ2v) is 7.27. The Hall–Kier alpha value is -2.79. The molecule has 154 valence electrons. The van der Waals surface area contributed by atoms with E-state index in [4.69, 9.17) is 9.47 Å². The van der Waals surface area contributed by atoms with E-state index in [1.54, 1.807) is 13.2 Å². The number of carbonyl (C=O) groups excluding carboxylic acids is 1. The molecule has 0 saturated carbocycles. The molecule has 0 unspecified atom stereocenters. The van der Waals surface area contributed by atoms with Gasteiger partial charge in [-0.15, -0.1) is 0 Å². The minimum absolute atomic E-state index is 0.0500. The van der Waals surface area contributed by atoms with Crippen LogP contribution < -0.4 is 9.47 Å². The number of nitrogens with zero attached hydrogens (tertiary/aromatic N) is 2. The van der Waals surface area contributed by atoms with Crippen LogP contribution >= 0.6 is 0 Å². The van der Waals surface area contributed by atoms with Gasteiger partial charge in [0.1, 0.15) is 0 Å². The molecule has 0 bridgehead atoms. The van der Waals surface area contributed by atoms with Gasteiger partial charge in [0.2, 0.25) is 5.91 Å². The maximum absolute atomic E-state index is 12.6. The minimum Gasteiger partial charge on any atom is -0.493 e. The van der Waals surface area contributed by atoms with Crippen LogP contribution in [0.25, 0.3) is 6.08 Å². The summed E-state index contributed by atoms with van der Waals surface area (Å²) in [6.45, 7) is 8.84. The van der Waals surface area contributed by atoms with Gasteiger partial charge in [0, 0.05) is 38.8 Å². The molecule has 1 saturated heterocycles. The molecule has 0 atom stereocenters. The lowest BCUT2D eigenvalue weighted by Crippen LogP contribution is -2.47. The van der Waals surface area contributed by atoms with Gasteiger partial charge in [-0.3, -0.25) is 9.69 Å². The van der Waals surface area contributed by atoms with E-state index in [-0.39, 0.29) is 5.91 Å². The van der Waals surface area contributed by atoms with Crippen molar-refractivity contribution in [3.05, 3.63) is 65.2 Å². The first-order valence-corrected chi connectivity index (χ1v) is 10.1. The van der Waals surface area contributed by atoms with Gasteiger partial charge >= 0.3 is 0 Å². The van der Waals surface area contributed by atoms with Crippen molar-refractivity contribution in [2.24, 2.45) is 0 Å². The van der Waals surface area contributed by atoms with Crippen molar-refractivity contribution in [2.45, 2.75) is 20.4 Å². The Balaban J connectivity index is 1.53. The zero-order valence-corrected chi connectivity index (χ0v) is 17.6. The Morgan fingerprint density at radius 1 is 1.07 bits per heavy atom. The first-order chi connectivity index (χ1) is 14.1. The lowest BCUT2D eigenvalue weighted by Gasteiger charge is -2.34. The van der Waals surface area contributed by atoms with Gasteiger partial charge in [-0.25, -0.2) is 0 Å². The van der Waals surface area contributed by atoms with Gasteiger partial charge in [-0.2, -0.15) is 0 Å². The highest BCUT2D eigenvalue weighted by atomic mass is 16.5. The first-order valence-electron chi connectivity index (χ1n) is 10.1. The second kappa shape index (κ2) is 10.1. The van der Waals surface area contributed by atoms with Crippen molar-refractivity contribution in [2.75, 3.05) is 39.9 Å². The molecular formula is C24H30N2O3. The summed E-state index contributed by atoms with van der Waals surface area (Å²) >= 11 is 0. The van der Waals surface area contributed by atoms with Crippen molar-refractivity contribution in [1.29, 1.82) is 0 Å². The number of piperazine rings is 1. The average molecular weight is 395 g/mol. The van der Waals surface area contributed by atoms with Crippen LogP contribution in [0.5, 0.6) is 11.5 Å². The standard InChI is InChI=1S/C24H30N2O3/c1-4-29-23-17-20(8-10-22(23)28-3)9-11-24(27)26-14-12-25(13-15-26)18-21-7-5-6-19(2)16-21/h5-11,16-17H,4,12-15,18H2,1-3H3/b11-9+. The van der Waals surface area contributed by atoms with Crippen LogP contribution in [0.15, 0.2) is 48.5 Å². The molecule has 0 aliphatic carbocycles. The van der Waals surface area contributed by atoms with Crippen molar-refractivity contribution >= 4 is 12.0 Å². The van der Waals surface area contributed by atoms with Gasteiger partial charge in [0.25, 0.3) is 0 Å². The summed E-state index contributed by atoms with van der Waals surface area (Å²) in [4.78, 5) is 16.9. The highest BCUT2D eigenvalue weighted by Gasteiger charge is 2.19. The van der Waals surface area contributed by atoms with Crippen LogP contribution in [0.2, 0.25) is 0 Å². The molecule has 1 amide bonds. The molecule has 2 aromatic rings. The molecule has 5 heteroatoms. The Labute approximate surface area is 173 Å². The number of aryl methyl sites for hydroxylation is 1. The maximum Gasteiger partial charge on any atom is 0.246 e. The van der Waals surface area contributed by atoms with Gasteiger partial charge < -0.3 is 14.4 Å². The molecule has 1 fully saturated rings.